The first-order valence-corrected chi connectivity index (χ1v) is 7.81. The summed E-state index contributed by atoms with van der Waals surface area (Å²) in [6.07, 6.45) is 0.529. The molecule has 0 radical (unpaired) electrons. The third-order valence-corrected chi connectivity index (χ3v) is 3.41. The molecule has 0 aliphatic heterocycles. The molecule has 0 fully saturated rings. The fraction of sp³-hybridized carbons (Fsp3) is 0.588. The molecule has 118 valence electrons. The van der Waals surface area contributed by atoms with Crippen molar-refractivity contribution in [3.8, 4) is 11.5 Å². The van der Waals surface area contributed by atoms with Gasteiger partial charge in [-0.3, -0.25) is 4.79 Å². The average Bonchev–Trinajstić information content (AvgIpc) is 2.50. The van der Waals surface area contributed by atoms with Crippen LogP contribution in [0, 0.1) is 0 Å². The predicted octanol–water partition coefficient (Wildman–Crippen LogP) is 3.40. The lowest BCUT2D eigenvalue weighted by Gasteiger charge is -2.17. The van der Waals surface area contributed by atoms with Gasteiger partial charge >= 0.3 is 0 Å². The highest BCUT2D eigenvalue weighted by Crippen LogP contribution is 2.29. The van der Waals surface area contributed by atoms with Crippen LogP contribution < -0.4 is 9.47 Å². The Balaban J connectivity index is 2.77. The van der Waals surface area contributed by atoms with E-state index in [-0.39, 0.29) is 5.78 Å². The van der Waals surface area contributed by atoms with Crippen LogP contribution in [0.3, 0.4) is 0 Å². The van der Waals surface area contributed by atoms with Crippen molar-refractivity contribution >= 4 is 5.78 Å². The van der Waals surface area contributed by atoms with Crippen LogP contribution in [-0.4, -0.2) is 43.5 Å². The topological polar surface area (TPSA) is 38.8 Å². The Kier molecular flexibility index (Phi) is 7.83. The summed E-state index contributed by atoms with van der Waals surface area (Å²) in [4.78, 5) is 14.5. The van der Waals surface area contributed by atoms with Gasteiger partial charge in [-0.05, 0) is 45.1 Å². The van der Waals surface area contributed by atoms with Crippen molar-refractivity contribution in [1.29, 1.82) is 0 Å². The molecule has 21 heavy (non-hydrogen) atoms. The molecule has 1 aromatic rings. The van der Waals surface area contributed by atoms with Crippen LogP contribution in [0.5, 0.6) is 11.5 Å². The third-order valence-electron chi connectivity index (χ3n) is 3.41. The van der Waals surface area contributed by atoms with Crippen LogP contribution in [0.15, 0.2) is 18.2 Å². The minimum atomic E-state index is 0.144. The van der Waals surface area contributed by atoms with Gasteiger partial charge in [0.1, 0.15) is 0 Å². The first-order chi connectivity index (χ1) is 10.2. The van der Waals surface area contributed by atoms with E-state index in [1.807, 2.05) is 26.0 Å². The number of carbonyl (C=O) groups excluding carboxylic acids is 1. The Morgan fingerprint density at radius 1 is 1.00 bits per heavy atom. The Morgan fingerprint density at radius 2 is 1.62 bits per heavy atom. The molecule has 4 heteroatoms. The number of ketones is 1. The van der Waals surface area contributed by atoms with Gasteiger partial charge in [-0.1, -0.05) is 13.8 Å². The molecule has 0 aliphatic rings. The summed E-state index contributed by atoms with van der Waals surface area (Å²) in [5, 5.41) is 0. The van der Waals surface area contributed by atoms with Gasteiger partial charge in [0, 0.05) is 18.5 Å². The number of carbonyl (C=O) groups is 1. The molecule has 0 amide bonds. The molecule has 0 atom stereocenters. The van der Waals surface area contributed by atoms with E-state index in [0.717, 1.165) is 19.6 Å². The summed E-state index contributed by atoms with van der Waals surface area (Å²) < 4.78 is 11.1. The minimum Gasteiger partial charge on any atom is -0.490 e. The van der Waals surface area contributed by atoms with Gasteiger partial charge in [-0.25, -0.2) is 0 Å². The number of hydrogen-bond donors (Lipinski definition) is 0. The van der Waals surface area contributed by atoms with Gasteiger partial charge in [0.15, 0.2) is 17.3 Å². The molecule has 1 aromatic carbocycles. The van der Waals surface area contributed by atoms with Crippen LogP contribution in [0.25, 0.3) is 0 Å². The summed E-state index contributed by atoms with van der Waals surface area (Å²) in [6, 6.07) is 5.43. The molecule has 0 saturated heterocycles. The normalized spacial score (nSPS) is 10.7. The fourth-order valence-corrected chi connectivity index (χ4v) is 2.17. The zero-order valence-corrected chi connectivity index (χ0v) is 13.6. The fourth-order valence-electron chi connectivity index (χ4n) is 2.17. The Hall–Kier alpha value is -1.55. The van der Waals surface area contributed by atoms with Gasteiger partial charge in [0.05, 0.1) is 13.2 Å². The summed E-state index contributed by atoms with van der Waals surface area (Å²) in [5.74, 6) is 1.48. The van der Waals surface area contributed by atoms with E-state index in [4.69, 9.17) is 9.47 Å². The zero-order chi connectivity index (χ0) is 15.7. The molecular formula is C17H27NO3. The maximum absolute atomic E-state index is 12.3. The smallest absolute Gasteiger partial charge is 0.164 e. The molecule has 4 nitrogen and oxygen atoms in total. The van der Waals surface area contributed by atoms with E-state index in [2.05, 4.69) is 18.7 Å². The summed E-state index contributed by atoms with van der Waals surface area (Å²) in [6.45, 7) is 11.9. The van der Waals surface area contributed by atoms with Gasteiger partial charge < -0.3 is 14.4 Å². The van der Waals surface area contributed by atoms with Gasteiger partial charge in [0.2, 0.25) is 0 Å². The van der Waals surface area contributed by atoms with E-state index in [1.165, 1.54) is 0 Å². The van der Waals surface area contributed by atoms with Crippen LogP contribution in [0.4, 0.5) is 0 Å². The van der Waals surface area contributed by atoms with Crippen LogP contribution in [0.1, 0.15) is 44.5 Å². The quantitative estimate of drug-likeness (QED) is 0.620. The Bertz CT molecular complexity index is 442. The van der Waals surface area contributed by atoms with E-state index in [1.54, 1.807) is 6.07 Å². The summed E-state index contributed by atoms with van der Waals surface area (Å²) >= 11 is 0. The maximum atomic E-state index is 12.3. The molecular weight excluding hydrogens is 266 g/mol. The molecule has 1 rings (SSSR count). The van der Waals surface area contributed by atoms with Crippen molar-refractivity contribution in [2.24, 2.45) is 0 Å². The molecule has 0 saturated carbocycles. The highest BCUT2D eigenvalue weighted by Gasteiger charge is 2.12. The third kappa shape index (κ3) is 5.38. The molecule has 0 spiro atoms. The van der Waals surface area contributed by atoms with Crippen LogP contribution in [0.2, 0.25) is 0 Å². The first-order valence-electron chi connectivity index (χ1n) is 7.81. The van der Waals surface area contributed by atoms with E-state index in [9.17, 15) is 4.79 Å². The van der Waals surface area contributed by atoms with Crippen molar-refractivity contribution < 1.29 is 14.3 Å². The minimum absolute atomic E-state index is 0.144. The average molecular weight is 293 g/mol. The second-order valence-electron chi connectivity index (χ2n) is 4.73. The monoisotopic (exact) mass is 293 g/mol. The molecule has 0 bridgehead atoms. The van der Waals surface area contributed by atoms with Gasteiger partial charge in [-0.15, -0.1) is 0 Å². The zero-order valence-electron chi connectivity index (χ0n) is 13.6. The second-order valence-corrected chi connectivity index (χ2v) is 4.73. The molecule has 0 unspecified atom stereocenters. The van der Waals surface area contributed by atoms with Crippen LogP contribution in [-0.2, 0) is 0 Å². The van der Waals surface area contributed by atoms with E-state index in [0.29, 0.717) is 36.7 Å². The standard InChI is InChI=1S/C17H27NO3/c1-5-18(6-2)12-11-15(19)14-9-10-16(20-7-3)17(13-14)21-8-4/h9-10,13H,5-8,11-12H2,1-4H3. The molecule has 0 N–H and O–H groups in total. The highest BCUT2D eigenvalue weighted by molar-refractivity contribution is 5.96. The Morgan fingerprint density at radius 3 is 2.19 bits per heavy atom. The van der Waals surface area contributed by atoms with Gasteiger partial charge in [-0.2, -0.15) is 0 Å². The second kappa shape index (κ2) is 9.40. The lowest BCUT2D eigenvalue weighted by atomic mass is 10.1. The SMILES string of the molecule is CCOc1ccc(C(=O)CCN(CC)CC)cc1OCC. The maximum Gasteiger partial charge on any atom is 0.164 e. The first kappa shape index (κ1) is 17.5. The van der Waals surface area contributed by atoms with E-state index >= 15 is 0 Å². The lowest BCUT2D eigenvalue weighted by Crippen LogP contribution is -2.25. The number of ether oxygens (including phenoxy) is 2. The number of hydrogen-bond acceptors (Lipinski definition) is 4. The van der Waals surface area contributed by atoms with Crippen molar-refractivity contribution in [2.45, 2.75) is 34.1 Å². The van der Waals surface area contributed by atoms with Crippen molar-refractivity contribution in [3.63, 3.8) is 0 Å². The largest absolute Gasteiger partial charge is 0.490 e. The van der Waals surface area contributed by atoms with Crippen molar-refractivity contribution in [3.05, 3.63) is 23.8 Å². The van der Waals surface area contributed by atoms with Crippen molar-refractivity contribution in [2.75, 3.05) is 32.8 Å². The number of rotatable bonds is 10. The van der Waals surface area contributed by atoms with Crippen molar-refractivity contribution in [1.82, 2.24) is 4.90 Å². The summed E-state index contributed by atoms with van der Waals surface area (Å²) in [5.41, 5.74) is 0.689. The highest BCUT2D eigenvalue weighted by atomic mass is 16.5. The van der Waals surface area contributed by atoms with Crippen LogP contribution >= 0.6 is 0 Å². The lowest BCUT2D eigenvalue weighted by molar-refractivity contribution is 0.0966. The predicted molar refractivity (Wildman–Crippen MR) is 85.5 cm³/mol. The number of Topliss-reactive ketones (excluding diaryl/α,β-unsaturated/α-hetero) is 1. The molecule has 0 aromatic heterocycles. The molecule has 0 aliphatic carbocycles. The number of nitrogens with zero attached hydrogens (tertiary/aromatic N) is 1. The summed E-state index contributed by atoms with van der Waals surface area (Å²) in [7, 11) is 0. The molecule has 0 heterocycles. The number of benzene rings is 1. The van der Waals surface area contributed by atoms with Gasteiger partial charge in [0.25, 0.3) is 0 Å². The van der Waals surface area contributed by atoms with E-state index < -0.39 is 0 Å². The Labute approximate surface area is 128 Å².